The van der Waals surface area contributed by atoms with E-state index in [1.54, 1.807) is 19.2 Å². The van der Waals surface area contributed by atoms with Gasteiger partial charge in [-0.25, -0.2) is 9.78 Å². The number of nitrogens with one attached hydrogen (secondary N) is 1. The summed E-state index contributed by atoms with van der Waals surface area (Å²) in [6, 6.07) is 4.83. The van der Waals surface area contributed by atoms with Crippen LogP contribution in [0.3, 0.4) is 0 Å². The number of carbonyl (C=O) groups excluding carboxylic acids is 2. The number of anilines is 1. The molecule has 2 aromatic heterocycles. The molecule has 0 saturated heterocycles. The largest absolute Gasteiger partial charge is 0.462 e. The Bertz CT molecular complexity index is 1120. The van der Waals surface area contributed by atoms with Crippen LogP contribution in [0, 0.1) is 13.8 Å². The Balaban J connectivity index is 1.96. The molecule has 0 bridgehead atoms. The quantitative estimate of drug-likeness (QED) is 0.664. The van der Waals surface area contributed by atoms with Gasteiger partial charge >= 0.3 is 5.97 Å². The molecule has 3 aromatic rings. The predicted molar refractivity (Wildman–Crippen MR) is 109 cm³/mol. The molecule has 1 amide bonds. The summed E-state index contributed by atoms with van der Waals surface area (Å²) in [6.45, 7) is 7.41. The first-order valence-electron chi connectivity index (χ1n) is 8.87. The smallest absolute Gasteiger partial charge is 0.339 e. The van der Waals surface area contributed by atoms with Crippen molar-refractivity contribution in [2.45, 2.75) is 33.7 Å². The number of hydrogen-bond donors (Lipinski definition) is 1. The standard InChI is InChI=1S/C20H21N3O4S/c1-5-27-20(26)14-9-28-18-16(14)19(25)23(10-21-18)13(4)17(24)22-15-8-6-7-11(2)12(15)3/h6-10,13H,5H2,1-4H3,(H,22,24). The summed E-state index contributed by atoms with van der Waals surface area (Å²) in [4.78, 5) is 42.5. The van der Waals surface area contributed by atoms with Crippen molar-refractivity contribution in [3.05, 3.63) is 57.0 Å². The number of aromatic nitrogens is 2. The molecule has 0 aliphatic carbocycles. The summed E-state index contributed by atoms with van der Waals surface area (Å²) in [7, 11) is 0. The number of nitrogens with zero attached hydrogens (tertiary/aromatic N) is 2. The van der Waals surface area contributed by atoms with Crippen molar-refractivity contribution in [2.75, 3.05) is 11.9 Å². The first-order chi connectivity index (χ1) is 13.3. The number of esters is 1. The maximum atomic E-state index is 13.0. The van der Waals surface area contributed by atoms with E-state index in [1.807, 2.05) is 32.0 Å². The Morgan fingerprint density at radius 2 is 2.07 bits per heavy atom. The zero-order valence-corrected chi connectivity index (χ0v) is 16.9. The second-order valence-corrected chi connectivity index (χ2v) is 7.28. The Kier molecular flexibility index (Phi) is 5.60. The van der Waals surface area contributed by atoms with Crippen LogP contribution in [0.5, 0.6) is 0 Å². The summed E-state index contributed by atoms with van der Waals surface area (Å²) in [5.74, 6) is -0.914. The molecule has 0 aliphatic heterocycles. The van der Waals surface area contributed by atoms with Gasteiger partial charge in [0.2, 0.25) is 5.91 Å². The number of ether oxygens (including phenoxy) is 1. The van der Waals surface area contributed by atoms with Crippen molar-refractivity contribution in [1.82, 2.24) is 9.55 Å². The molecule has 1 aromatic carbocycles. The fraction of sp³-hybridized carbons (Fsp3) is 0.300. The first kappa shape index (κ1) is 19.8. The fourth-order valence-electron chi connectivity index (χ4n) is 2.83. The van der Waals surface area contributed by atoms with Gasteiger partial charge in [0.25, 0.3) is 5.56 Å². The average molecular weight is 399 g/mol. The average Bonchev–Trinajstić information content (AvgIpc) is 3.10. The Labute approximate surface area is 166 Å². The Morgan fingerprint density at radius 1 is 1.32 bits per heavy atom. The van der Waals surface area contributed by atoms with Crippen LogP contribution in [0.25, 0.3) is 10.2 Å². The lowest BCUT2D eigenvalue weighted by Crippen LogP contribution is -2.32. The van der Waals surface area contributed by atoms with Crippen LogP contribution in [-0.2, 0) is 9.53 Å². The second-order valence-electron chi connectivity index (χ2n) is 6.42. The van der Waals surface area contributed by atoms with Gasteiger partial charge in [-0.05, 0) is 44.9 Å². The normalized spacial score (nSPS) is 12.0. The highest BCUT2D eigenvalue weighted by atomic mass is 32.1. The number of amides is 1. The molecule has 1 N–H and O–H groups in total. The number of thiophene rings is 1. The van der Waals surface area contributed by atoms with Crippen LogP contribution in [0.1, 0.15) is 41.4 Å². The van der Waals surface area contributed by atoms with E-state index in [0.717, 1.165) is 11.1 Å². The highest BCUT2D eigenvalue weighted by molar-refractivity contribution is 7.17. The summed E-state index contributed by atoms with van der Waals surface area (Å²) in [5.41, 5.74) is 2.45. The third-order valence-corrected chi connectivity index (χ3v) is 5.56. The highest BCUT2D eigenvalue weighted by Crippen LogP contribution is 2.23. The van der Waals surface area contributed by atoms with Gasteiger partial charge in [0.05, 0.1) is 23.9 Å². The van der Waals surface area contributed by atoms with E-state index in [4.69, 9.17) is 4.74 Å². The second kappa shape index (κ2) is 7.93. The molecule has 28 heavy (non-hydrogen) atoms. The van der Waals surface area contributed by atoms with Gasteiger partial charge in [-0.2, -0.15) is 0 Å². The first-order valence-corrected chi connectivity index (χ1v) is 9.75. The molecule has 146 valence electrons. The maximum Gasteiger partial charge on any atom is 0.339 e. The lowest BCUT2D eigenvalue weighted by molar-refractivity contribution is -0.118. The summed E-state index contributed by atoms with van der Waals surface area (Å²) in [6.07, 6.45) is 1.34. The molecule has 7 nitrogen and oxygen atoms in total. The third-order valence-electron chi connectivity index (χ3n) is 4.67. The summed E-state index contributed by atoms with van der Waals surface area (Å²) in [5, 5.41) is 4.60. The topological polar surface area (TPSA) is 90.3 Å². The van der Waals surface area contributed by atoms with Crippen molar-refractivity contribution in [3.8, 4) is 0 Å². The van der Waals surface area contributed by atoms with E-state index in [0.29, 0.717) is 10.5 Å². The highest BCUT2D eigenvalue weighted by Gasteiger charge is 2.23. The van der Waals surface area contributed by atoms with Crippen LogP contribution in [0.2, 0.25) is 0 Å². The molecule has 0 saturated carbocycles. The monoisotopic (exact) mass is 399 g/mol. The van der Waals surface area contributed by atoms with Crippen molar-refractivity contribution < 1.29 is 14.3 Å². The van der Waals surface area contributed by atoms with Gasteiger partial charge in [-0.15, -0.1) is 11.3 Å². The number of hydrogen-bond acceptors (Lipinski definition) is 6. The van der Waals surface area contributed by atoms with E-state index >= 15 is 0 Å². The molecular weight excluding hydrogens is 378 g/mol. The van der Waals surface area contributed by atoms with Crippen LogP contribution < -0.4 is 10.9 Å². The van der Waals surface area contributed by atoms with Crippen LogP contribution >= 0.6 is 11.3 Å². The van der Waals surface area contributed by atoms with Crippen molar-refractivity contribution in [3.63, 3.8) is 0 Å². The zero-order valence-electron chi connectivity index (χ0n) is 16.1. The van der Waals surface area contributed by atoms with Crippen molar-refractivity contribution >= 4 is 39.1 Å². The third kappa shape index (κ3) is 3.55. The molecule has 1 atom stereocenters. The van der Waals surface area contributed by atoms with E-state index < -0.39 is 17.6 Å². The maximum absolute atomic E-state index is 13.0. The lowest BCUT2D eigenvalue weighted by atomic mass is 10.1. The van der Waals surface area contributed by atoms with E-state index in [-0.39, 0.29) is 23.5 Å². The molecule has 0 aliphatic rings. The number of aryl methyl sites for hydroxylation is 1. The number of rotatable bonds is 5. The minimum absolute atomic E-state index is 0.177. The molecule has 3 rings (SSSR count). The van der Waals surface area contributed by atoms with Crippen LogP contribution in [0.15, 0.2) is 34.7 Å². The minimum atomic E-state index is -0.806. The van der Waals surface area contributed by atoms with E-state index in [9.17, 15) is 14.4 Å². The lowest BCUT2D eigenvalue weighted by Gasteiger charge is -2.16. The van der Waals surface area contributed by atoms with E-state index in [2.05, 4.69) is 10.3 Å². The molecule has 0 fully saturated rings. The van der Waals surface area contributed by atoms with Gasteiger partial charge in [-0.1, -0.05) is 12.1 Å². The molecule has 2 heterocycles. The van der Waals surface area contributed by atoms with Gasteiger partial charge in [-0.3, -0.25) is 14.2 Å². The zero-order chi connectivity index (χ0) is 20.4. The van der Waals surface area contributed by atoms with Gasteiger partial charge in [0.1, 0.15) is 10.9 Å². The number of carbonyl (C=O) groups is 2. The summed E-state index contributed by atoms with van der Waals surface area (Å²) < 4.78 is 6.25. The van der Waals surface area contributed by atoms with E-state index in [1.165, 1.54) is 22.2 Å². The SMILES string of the molecule is CCOC(=O)c1csc2ncn(C(C)C(=O)Nc3cccc(C)c3C)c(=O)c12. The van der Waals surface area contributed by atoms with Crippen molar-refractivity contribution in [2.24, 2.45) is 0 Å². The fourth-order valence-corrected chi connectivity index (χ4v) is 3.70. The van der Waals surface area contributed by atoms with Gasteiger partial charge < -0.3 is 10.1 Å². The predicted octanol–water partition coefficient (Wildman–Crippen LogP) is 3.45. The minimum Gasteiger partial charge on any atom is -0.462 e. The van der Waals surface area contributed by atoms with Gasteiger partial charge in [0, 0.05) is 11.1 Å². The Hall–Kier alpha value is -3.00. The molecule has 0 spiro atoms. The van der Waals surface area contributed by atoms with Crippen LogP contribution in [0.4, 0.5) is 5.69 Å². The van der Waals surface area contributed by atoms with Crippen molar-refractivity contribution in [1.29, 1.82) is 0 Å². The van der Waals surface area contributed by atoms with Gasteiger partial charge in [0.15, 0.2) is 0 Å². The molecule has 8 heteroatoms. The Morgan fingerprint density at radius 3 is 2.79 bits per heavy atom. The summed E-state index contributed by atoms with van der Waals surface area (Å²) >= 11 is 1.19. The molecular formula is C20H21N3O4S. The van der Waals surface area contributed by atoms with Crippen LogP contribution in [-0.4, -0.2) is 28.0 Å². The number of fused-ring (bicyclic) bond motifs is 1. The molecule has 0 radical (unpaired) electrons. The molecule has 1 unspecified atom stereocenters. The number of benzene rings is 1.